The number of aliphatic hydroxyl groups is 3. The fourth-order valence-electron chi connectivity index (χ4n) is 3.01. The maximum Gasteiger partial charge on any atom is 0.114 e. The molecule has 1 fully saturated rings. The summed E-state index contributed by atoms with van der Waals surface area (Å²) < 4.78 is 10.6. The molecule has 0 aliphatic carbocycles. The number of unbranched alkanes of at least 4 members (excludes halogenated alkanes) is 8. The smallest absolute Gasteiger partial charge is 0.114 e. The number of aliphatic hydroxyl groups excluding tert-OH is 3. The van der Waals surface area contributed by atoms with Crippen molar-refractivity contribution < 1.29 is 24.8 Å². The molecule has 0 radical (unpaired) electrons. The molecule has 1 aliphatic rings. The van der Waals surface area contributed by atoms with Crippen LogP contribution in [0.25, 0.3) is 0 Å². The average molecular weight is 359 g/mol. The van der Waals surface area contributed by atoms with Gasteiger partial charge in [-0.1, -0.05) is 51.2 Å². The lowest BCUT2D eigenvalue weighted by Crippen LogP contribution is -2.40. The van der Waals surface area contributed by atoms with Crippen molar-refractivity contribution in [2.45, 2.75) is 95.5 Å². The first-order valence-electron chi connectivity index (χ1n) is 10.0. The van der Waals surface area contributed by atoms with E-state index in [1.54, 1.807) is 0 Å². The molecule has 0 saturated carbocycles. The Morgan fingerprint density at radius 1 is 1.00 bits per heavy atom. The Balaban J connectivity index is 1.85. The van der Waals surface area contributed by atoms with Gasteiger partial charge in [0.25, 0.3) is 0 Å². The molecule has 3 N–H and O–H groups in total. The monoisotopic (exact) mass is 358 g/mol. The second-order valence-electron chi connectivity index (χ2n) is 7.02. The van der Waals surface area contributed by atoms with Gasteiger partial charge >= 0.3 is 0 Å². The molecule has 5 heteroatoms. The molecule has 1 heterocycles. The van der Waals surface area contributed by atoms with E-state index < -0.39 is 24.4 Å². The summed E-state index contributed by atoms with van der Waals surface area (Å²) in [7, 11) is 0. The SMILES string of the molecule is CCCCCC/C=C/CCCCCCOC[C@H](O)[C@H]1OC[C@@H](O)[C@H]1O. The van der Waals surface area contributed by atoms with Crippen molar-refractivity contribution >= 4 is 0 Å². The zero-order chi connectivity index (χ0) is 18.3. The molecule has 0 aromatic carbocycles. The van der Waals surface area contributed by atoms with Crippen molar-refractivity contribution in [1.82, 2.24) is 0 Å². The summed E-state index contributed by atoms with van der Waals surface area (Å²) in [6, 6.07) is 0. The van der Waals surface area contributed by atoms with Gasteiger partial charge in [0.2, 0.25) is 0 Å². The van der Waals surface area contributed by atoms with Crippen molar-refractivity contribution in [2.75, 3.05) is 19.8 Å². The van der Waals surface area contributed by atoms with Crippen LogP contribution in [0.1, 0.15) is 71.1 Å². The highest BCUT2D eigenvalue weighted by Gasteiger charge is 2.39. The largest absolute Gasteiger partial charge is 0.388 e. The van der Waals surface area contributed by atoms with Gasteiger partial charge in [-0.3, -0.25) is 0 Å². The van der Waals surface area contributed by atoms with Crippen LogP contribution >= 0.6 is 0 Å². The Morgan fingerprint density at radius 3 is 2.24 bits per heavy atom. The number of hydrogen-bond donors (Lipinski definition) is 3. The Bertz CT molecular complexity index is 334. The molecular formula is C20H38O5. The Hall–Kier alpha value is -0.460. The molecule has 1 saturated heterocycles. The van der Waals surface area contributed by atoms with Crippen LogP contribution in [0.15, 0.2) is 12.2 Å². The number of allylic oxidation sites excluding steroid dienone is 2. The predicted molar refractivity (Wildman–Crippen MR) is 99.6 cm³/mol. The summed E-state index contributed by atoms with van der Waals surface area (Å²) in [6.45, 7) is 3.05. The first-order valence-corrected chi connectivity index (χ1v) is 10.0. The summed E-state index contributed by atoms with van der Waals surface area (Å²) in [6.07, 6.45) is 13.2. The minimum Gasteiger partial charge on any atom is -0.388 e. The zero-order valence-corrected chi connectivity index (χ0v) is 15.8. The predicted octanol–water partition coefficient (Wildman–Crippen LogP) is 2.96. The quantitative estimate of drug-likeness (QED) is 0.310. The molecule has 0 amide bonds. The van der Waals surface area contributed by atoms with Crippen LogP contribution < -0.4 is 0 Å². The third-order valence-electron chi connectivity index (χ3n) is 4.66. The molecule has 0 bridgehead atoms. The van der Waals surface area contributed by atoms with Gasteiger partial charge in [0.1, 0.15) is 24.4 Å². The second kappa shape index (κ2) is 14.7. The highest BCUT2D eigenvalue weighted by atomic mass is 16.5. The molecule has 25 heavy (non-hydrogen) atoms. The number of rotatable bonds is 15. The Morgan fingerprint density at radius 2 is 1.64 bits per heavy atom. The van der Waals surface area contributed by atoms with Crippen molar-refractivity contribution in [3.8, 4) is 0 Å². The van der Waals surface area contributed by atoms with Gasteiger partial charge in [0.05, 0.1) is 13.2 Å². The minimum atomic E-state index is -1.03. The van der Waals surface area contributed by atoms with Crippen LogP contribution in [0.5, 0.6) is 0 Å². The first kappa shape index (κ1) is 22.6. The van der Waals surface area contributed by atoms with E-state index in [1.807, 2.05) is 0 Å². The summed E-state index contributed by atoms with van der Waals surface area (Å²) in [4.78, 5) is 0. The van der Waals surface area contributed by atoms with Crippen LogP contribution in [-0.4, -0.2) is 59.6 Å². The van der Waals surface area contributed by atoms with Crippen molar-refractivity contribution in [3.63, 3.8) is 0 Å². The van der Waals surface area contributed by atoms with Crippen LogP contribution in [0.2, 0.25) is 0 Å². The van der Waals surface area contributed by atoms with E-state index in [0.717, 1.165) is 19.3 Å². The van der Waals surface area contributed by atoms with Gasteiger partial charge in [-0.2, -0.15) is 0 Å². The van der Waals surface area contributed by atoms with Crippen LogP contribution in [0.4, 0.5) is 0 Å². The maximum atomic E-state index is 9.90. The molecule has 1 rings (SSSR count). The molecule has 0 unspecified atom stereocenters. The third-order valence-corrected chi connectivity index (χ3v) is 4.66. The fourth-order valence-corrected chi connectivity index (χ4v) is 3.01. The second-order valence-corrected chi connectivity index (χ2v) is 7.02. The van der Waals surface area contributed by atoms with Crippen LogP contribution in [0.3, 0.4) is 0 Å². The summed E-state index contributed by atoms with van der Waals surface area (Å²) in [5.74, 6) is 0. The van der Waals surface area contributed by atoms with E-state index in [2.05, 4.69) is 19.1 Å². The maximum absolute atomic E-state index is 9.90. The minimum absolute atomic E-state index is 0.0656. The van der Waals surface area contributed by atoms with E-state index in [4.69, 9.17) is 9.47 Å². The van der Waals surface area contributed by atoms with Gasteiger partial charge < -0.3 is 24.8 Å². The topological polar surface area (TPSA) is 79.2 Å². The van der Waals surface area contributed by atoms with Gasteiger partial charge in [-0.05, 0) is 32.1 Å². The van der Waals surface area contributed by atoms with Crippen LogP contribution in [-0.2, 0) is 9.47 Å². The molecule has 1 aliphatic heterocycles. The molecule has 5 nitrogen and oxygen atoms in total. The Labute approximate surface area is 153 Å². The molecule has 0 aromatic rings. The number of ether oxygens (including phenoxy) is 2. The average Bonchev–Trinajstić information content (AvgIpc) is 2.94. The van der Waals surface area contributed by atoms with E-state index >= 15 is 0 Å². The van der Waals surface area contributed by atoms with Gasteiger partial charge in [0, 0.05) is 6.61 Å². The van der Waals surface area contributed by atoms with E-state index in [1.165, 1.54) is 44.9 Å². The van der Waals surface area contributed by atoms with Crippen molar-refractivity contribution in [2.24, 2.45) is 0 Å². The lowest BCUT2D eigenvalue weighted by atomic mass is 10.1. The molecule has 4 atom stereocenters. The highest BCUT2D eigenvalue weighted by molar-refractivity contribution is 4.87. The van der Waals surface area contributed by atoms with E-state index in [0.29, 0.717) is 6.61 Å². The zero-order valence-electron chi connectivity index (χ0n) is 15.8. The standard InChI is InChI=1S/C20H38O5/c1-2-3-4-5-6-7-8-9-10-11-12-13-14-24-15-18(22)20-19(23)17(21)16-25-20/h7-8,17-23H,2-6,9-16H2,1H3/b8-7+/t17-,18+,19-,20-/m1/s1. The molecule has 0 spiro atoms. The molecule has 0 aromatic heterocycles. The number of hydrogen-bond acceptors (Lipinski definition) is 5. The summed E-state index contributed by atoms with van der Waals surface area (Å²) >= 11 is 0. The lowest BCUT2D eigenvalue weighted by molar-refractivity contribution is -0.0813. The highest BCUT2D eigenvalue weighted by Crippen LogP contribution is 2.17. The lowest BCUT2D eigenvalue weighted by Gasteiger charge is -2.20. The van der Waals surface area contributed by atoms with Crippen LogP contribution in [0, 0.1) is 0 Å². The van der Waals surface area contributed by atoms with Crippen molar-refractivity contribution in [1.29, 1.82) is 0 Å². The summed E-state index contributed by atoms with van der Waals surface area (Å²) in [5, 5.41) is 28.9. The van der Waals surface area contributed by atoms with Gasteiger partial charge in [0.15, 0.2) is 0 Å². The molecular weight excluding hydrogens is 320 g/mol. The normalized spacial score (nSPS) is 25.0. The van der Waals surface area contributed by atoms with E-state index in [-0.39, 0.29) is 13.2 Å². The fraction of sp³-hybridized carbons (Fsp3) is 0.900. The van der Waals surface area contributed by atoms with Crippen molar-refractivity contribution in [3.05, 3.63) is 12.2 Å². The van der Waals surface area contributed by atoms with Gasteiger partial charge in [-0.25, -0.2) is 0 Å². The molecule has 148 valence electrons. The van der Waals surface area contributed by atoms with Gasteiger partial charge in [-0.15, -0.1) is 0 Å². The Kier molecular flexibility index (Phi) is 13.3. The van der Waals surface area contributed by atoms with E-state index in [9.17, 15) is 15.3 Å². The first-order chi connectivity index (χ1) is 12.2. The summed E-state index contributed by atoms with van der Waals surface area (Å²) in [5.41, 5.74) is 0. The third kappa shape index (κ3) is 10.3.